The lowest BCUT2D eigenvalue weighted by molar-refractivity contribution is 0.175. The Morgan fingerprint density at radius 2 is 1.86 bits per heavy atom. The molecule has 2 aliphatic heterocycles. The molecule has 0 bridgehead atoms. The molecular weight excluding hydrogens is 388 g/mol. The highest BCUT2D eigenvalue weighted by Gasteiger charge is 2.29. The summed E-state index contributed by atoms with van der Waals surface area (Å²) in [5, 5.41) is 4.26. The number of aryl methyl sites for hydroxylation is 2. The van der Waals surface area contributed by atoms with Crippen molar-refractivity contribution in [2.24, 2.45) is 7.05 Å². The molecule has 0 saturated carbocycles. The number of hydrogen-bond donors (Lipinski definition) is 1. The van der Waals surface area contributed by atoms with E-state index in [2.05, 4.69) is 24.6 Å². The minimum Gasteiger partial charge on any atom is -0.355 e. The molecule has 4 rings (SSSR count). The summed E-state index contributed by atoms with van der Waals surface area (Å²) in [7, 11) is -1.91. The van der Waals surface area contributed by atoms with Crippen LogP contribution in [0.15, 0.2) is 23.2 Å². The number of hydrogen-bond acceptors (Lipinski definition) is 6. The number of anilines is 2. The van der Waals surface area contributed by atoms with Gasteiger partial charge in [0.25, 0.3) is 10.0 Å². The number of aromatic nitrogens is 3. The van der Waals surface area contributed by atoms with Gasteiger partial charge in [0.2, 0.25) is 0 Å². The molecule has 158 valence electrons. The molecule has 8 nitrogen and oxygen atoms in total. The molecule has 0 aliphatic carbocycles. The minimum absolute atomic E-state index is 0.163. The Kier molecular flexibility index (Phi) is 5.52. The van der Waals surface area contributed by atoms with Crippen LogP contribution in [0.3, 0.4) is 0 Å². The van der Waals surface area contributed by atoms with Crippen molar-refractivity contribution in [3.05, 3.63) is 29.7 Å². The first-order valence-electron chi connectivity index (χ1n) is 10.3. The summed E-state index contributed by atoms with van der Waals surface area (Å²) >= 11 is 0. The molecule has 2 aliphatic rings. The van der Waals surface area contributed by atoms with Crippen LogP contribution < -0.4 is 9.62 Å². The lowest BCUT2D eigenvalue weighted by atomic mass is 10.1. The van der Waals surface area contributed by atoms with Crippen LogP contribution in [-0.2, 0) is 17.1 Å². The molecule has 0 amide bonds. The Morgan fingerprint density at radius 1 is 1.10 bits per heavy atom. The van der Waals surface area contributed by atoms with Gasteiger partial charge in [-0.1, -0.05) is 6.42 Å². The van der Waals surface area contributed by atoms with Crippen LogP contribution in [-0.4, -0.2) is 60.3 Å². The fourth-order valence-corrected chi connectivity index (χ4v) is 5.49. The van der Waals surface area contributed by atoms with Gasteiger partial charge in [0.1, 0.15) is 10.7 Å². The van der Waals surface area contributed by atoms with Gasteiger partial charge in [-0.25, -0.2) is 13.4 Å². The third kappa shape index (κ3) is 4.11. The largest absolute Gasteiger partial charge is 0.355 e. The van der Waals surface area contributed by atoms with Gasteiger partial charge in [-0.15, -0.1) is 0 Å². The van der Waals surface area contributed by atoms with Crippen molar-refractivity contribution in [2.75, 3.05) is 35.8 Å². The number of nitrogens with zero attached hydrogens (tertiary/aromatic N) is 5. The SMILES string of the molecule is Cc1nn(C)c(C)c1NS(=O)(=O)c1ccc(N2CCC(N3CCCCC3)C2)nc1. The molecule has 9 heteroatoms. The number of likely N-dealkylation sites (tertiary alicyclic amines) is 1. The second kappa shape index (κ2) is 7.95. The molecule has 0 spiro atoms. The van der Waals surface area contributed by atoms with Crippen molar-refractivity contribution < 1.29 is 8.42 Å². The molecule has 2 aromatic heterocycles. The summed E-state index contributed by atoms with van der Waals surface area (Å²) < 4.78 is 29.9. The summed E-state index contributed by atoms with van der Waals surface area (Å²) in [5.74, 6) is 0.845. The minimum atomic E-state index is -3.71. The molecule has 2 saturated heterocycles. The van der Waals surface area contributed by atoms with Gasteiger partial charge >= 0.3 is 0 Å². The standard InChI is InChI=1S/C20H30N6O2S/c1-15-20(16(2)24(3)22-15)23-29(27,28)18-7-8-19(21-13-18)26-12-9-17(14-26)25-10-5-4-6-11-25/h7-8,13,17,23H,4-6,9-12,14H2,1-3H3. The Labute approximate surface area is 173 Å². The maximum Gasteiger partial charge on any atom is 0.263 e. The average molecular weight is 419 g/mol. The maximum absolute atomic E-state index is 12.8. The molecule has 1 atom stereocenters. The summed E-state index contributed by atoms with van der Waals surface area (Å²) in [6.45, 7) is 7.95. The van der Waals surface area contributed by atoms with Crippen LogP contribution in [0.1, 0.15) is 37.1 Å². The Bertz CT molecular complexity index is 964. The molecular formula is C20H30N6O2S. The Hall–Kier alpha value is -2.13. The molecule has 2 fully saturated rings. The summed E-state index contributed by atoms with van der Waals surface area (Å²) in [6.07, 6.45) is 6.53. The van der Waals surface area contributed by atoms with E-state index in [9.17, 15) is 8.42 Å². The quantitative estimate of drug-likeness (QED) is 0.802. The van der Waals surface area contributed by atoms with E-state index in [1.54, 1.807) is 24.7 Å². The number of sulfonamides is 1. The normalized spacial score (nSPS) is 20.9. The molecule has 1 unspecified atom stereocenters. The van der Waals surface area contributed by atoms with E-state index in [1.807, 2.05) is 13.0 Å². The molecule has 0 aromatic carbocycles. The van der Waals surface area contributed by atoms with Gasteiger partial charge < -0.3 is 4.90 Å². The Morgan fingerprint density at radius 3 is 2.48 bits per heavy atom. The zero-order valence-corrected chi connectivity index (χ0v) is 18.2. The van der Waals surface area contributed by atoms with Gasteiger partial charge in [-0.05, 0) is 58.3 Å². The van der Waals surface area contributed by atoms with Crippen molar-refractivity contribution in [3.8, 4) is 0 Å². The van der Waals surface area contributed by atoms with Crippen LogP contribution in [0.25, 0.3) is 0 Å². The monoisotopic (exact) mass is 418 g/mol. The highest BCUT2D eigenvalue weighted by Crippen LogP contribution is 2.26. The fraction of sp³-hybridized carbons (Fsp3) is 0.600. The van der Waals surface area contributed by atoms with E-state index in [4.69, 9.17) is 0 Å². The van der Waals surface area contributed by atoms with E-state index in [0.29, 0.717) is 17.4 Å². The van der Waals surface area contributed by atoms with Gasteiger partial charge in [-0.2, -0.15) is 5.10 Å². The topological polar surface area (TPSA) is 83.4 Å². The van der Waals surface area contributed by atoms with Crippen molar-refractivity contribution in [3.63, 3.8) is 0 Å². The van der Waals surface area contributed by atoms with Crippen molar-refractivity contribution in [2.45, 2.75) is 50.5 Å². The van der Waals surface area contributed by atoms with Crippen molar-refractivity contribution >= 4 is 21.5 Å². The fourth-order valence-electron chi connectivity index (χ4n) is 4.36. The van der Waals surface area contributed by atoms with E-state index in [1.165, 1.54) is 38.5 Å². The third-order valence-corrected chi connectivity index (χ3v) is 7.51. The first-order valence-corrected chi connectivity index (χ1v) is 11.8. The van der Waals surface area contributed by atoms with Crippen LogP contribution in [0, 0.1) is 13.8 Å². The van der Waals surface area contributed by atoms with Crippen LogP contribution in [0.5, 0.6) is 0 Å². The van der Waals surface area contributed by atoms with E-state index < -0.39 is 10.0 Å². The lowest BCUT2D eigenvalue weighted by Crippen LogP contribution is -2.40. The van der Waals surface area contributed by atoms with E-state index in [0.717, 1.165) is 31.0 Å². The molecule has 2 aromatic rings. The zero-order chi connectivity index (χ0) is 20.6. The number of nitrogens with one attached hydrogen (secondary N) is 1. The lowest BCUT2D eigenvalue weighted by Gasteiger charge is -2.32. The first-order chi connectivity index (χ1) is 13.8. The van der Waals surface area contributed by atoms with Gasteiger partial charge in [0.15, 0.2) is 0 Å². The smallest absolute Gasteiger partial charge is 0.263 e. The summed E-state index contributed by atoms with van der Waals surface area (Å²) in [5.41, 5.74) is 1.95. The zero-order valence-electron chi connectivity index (χ0n) is 17.4. The summed E-state index contributed by atoms with van der Waals surface area (Å²) in [6, 6.07) is 4.04. The molecule has 4 heterocycles. The van der Waals surface area contributed by atoms with Gasteiger partial charge in [0.05, 0.1) is 17.1 Å². The van der Waals surface area contributed by atoms with E-state index >= 15 is 0 Å². The van der Waals surface area contributed by atoms with Gasteiger partial charge in [-0.3, -0.25) is 14.3 Å². The highest BCUT2D eigenvalue weighted by molar-refractivity contribution is 7.92. The predicted molar refractivity (Wildman–Crippen MR) is 114 cm³/mol. The summed E-state index contributed by atoms with van der Waals surface area (Å²) in [4.78, 5) is 9.49. The third-order valence-electron chi connectivity index (χ3n) is 6.17. The highest BCUT2D eigenvalue weighted by atomic mass is 32.2. The molecule has 1 N–H and O–H groups in total. The second-order valence-corrected chi connectivity index (χ2v) is 9.79. The average Bonchev–Trinajstić information content (AvgIpc) is 3.30. The van der Waals surface area contributed by atoms with E-state index in [-0.39, 0.29) is 4.90 Å². The number of rotatable bonds is 5. The number of pyridine rings is 1. The number of piperidine rings is 1. The maximum atomic E-state index is 12.8. The van der Waals surface area contributed by atoms with Crippen LogP contribution in [0.2, 0.25) is 0 Å². The van der Waals surface area contributed by atoms with Gasteiger partial charge in [0, 0.05) is 32.4 Å². The second-order valence-electron chi connectivity index (χ2n) is 8.11. The molecule has 29 heavy (non-hydrogen) atoms. The van der Waals surface area contributed by atoms with Crippen molar-refractivity contribution in [1.82, 2.24) is 19.7 Å². The van der Waals surface area contributed by atoms with Crippen LogP contribution >= 0.6 is 0 Å². The predicted octanol–water partition coefficient (Wildman–Crippen LogP) is 2.30. The van der Waals surface area contributed by atoms with Crippen LogP contribution in [0.4, 0.5) is 11.5 Å². The molecule has 0 radical (unpaired) electrons. The first kappa shape index (κ1) is 20.2. The van der Waals surface area contributed by atoms with Crippen molar-refractivity contribution in [1.29, 1.82) is 0 Å². The Balaban J connectivity index is 1.45.